The molecule has 2 N–H and O–H groups in total. The zero-order valence-corrected chi connectivity index (χ0v) is 27.0. The number of piperidine rings is 1. The maximum Gasteiger partial charge on any atom is 0.331 e. The third-order valence-electron chi connectivity index (χ3n) is 8.87. The van der Waals surface area contributed by atoms with Crippen molar-refractivity contribution in [2.24, 2.45) is 0 Å². The van der Waals surface area contributed by atoms with Crippen LogP contribution in [0.5, 0.6) is 11.6 Å². The summed E-state index contributed by atoms with van der Waals surface area (Å²) in [5.74, 6) is 0.382. The molecule has 6 rings (SSSR count). The van der Waals surface area contributed by atoms with E-state index in [2.05, 4.69) is 36.1 Å². The summed E-state index contributed by atoms with van der Waals surface area (Å²) < 4.78 is 46.3. The molecule has 254 valence electrons. The first-order valence-electron chi connectivity index (χ1n) is 15.9. The van der Waals surface area contributed by atoms with Crippen molar-refractivity contribution in [1.29, 1.82) is 5.26 Å². The van der Waals surface area contributed by atoms with E-state index >= 15 is 0 Å². The summed E-state index contributed by atoms with van der Waals surface area (Å²) in [5, 5.41) is 22.5. The van der Waals surface area contributed by atoms with Crippen LogP contribution in [0.1, 0.15) is 30.9 Å². The predicted molar refractivity (Wildman–Crippen MR) is 171 cm³/mol. The third-order valence-corrected chi connectivity index (χ3v) is 8.87. The Labute approximate surface area is 277 Å². The maximum absolute atomic E-state index is 14.7. The molecule has 0 spiro atoms. The predicted octanol–water partition coefficient (Wildman–Crippen LogP) is 3.34. The molecule has 5 heterocycles. The number of benzene rings is 1. The average molecular weight is 665 g/mol. The topological polar surface area (TPSA) is 149 Å². The number of ether oxygens (including phenoxy) is 3. The van der Waals surface area contributed by atoms with Crippen molar-refractivity contribution in [3.05, 3.63) is 47.7 Å². The summed E-state index contributed by atoms with van der Waals surface area (Å²) in [6, 6.07) is 7.76. The van der Waals surface area contributed by atoms with Crippen molar-refractivity contribution in [1.82, 2.24) is 24.8 Å². The summed E-state index contributed by atoms with van der Waals surface area (Å²) in [6.45, 7) is 7.92. The van der Waals surface area contributed by atoms with Gasteiger partial charge in [0.15, 0.2) is 0 Å². The number of aryl methyl sites for hydroxylation is 1. The van der Waals surface area contributed by atoms with E-state index in [-0.39, 0.29) is 30.2 Å². The van der Waals surface area contributed by atoms with Gasteiger partial charge in [-0.05, 0) is 49.7 Å². The number of nitriles is 1. The Balaban J connectivity index is 1.14. The molecule has 2 atom stereocenters. The van der Waals surface area contributed by atoms with Crippen molar-refractivity contribution in [2.45, 2.75) is 51.0 Å². The SMILES string of the molecule is COc1nc(Nc2ncc(C)c(-c3ccc(OC4CCN(C(=O)[C@@H](C)O)C(F)(F)C4)c(C#N)c3)n2)ccc1N1CCN(C2COC2)CC1. The van der Waals surface area contributed by atoms with Gasteiger partial charge in [0.1, 0.15) is 35.5 Å². The van der Waals surface area contributed by atoms with Gasteiger partial charge in [0.2, 0.25) is 11.8 Å². The largest absolute Gasteiger partial charge is 0.489 e. The lowest BCUT2D eigenvalue weighted by Gasteiger charge is -2.43. The molecule has 3 saturated heterocycles. The van der Waals surface area contributed by atoms with Gasteiger partial charge in [0.05, 0.1) is 44.0 Å². The number of hydrogen-bond acceptors (Lipinski definition) is 12. The number of anilines is 3. The first-order valence-corrected chi connectivity index (χ1v) is 15.9. The standard InChI is InChI=1S/C33H38F2N8O5/c1-20-17-37-32(39-28-7-5-26(30(38-28)46-3)42-12-10-41(11-13-42)24-18-47-19-24)40-29(20)22-4-6-27(23(14-22)16-36)48-25-8-9-43(31(45)21(2)44)33(34,35)15-25/h4-7,14,17,21,24-25,44H,8-13,15,18-19H2,1-3H3,(H,37,38,39,40)/t21-,25?/m1/s1. The Morgan fingerprint density at radius 2 is 1.94 bits per heavy atom. The Kier molecular flexibility index (Phi) is 9.58. The van der Waals surface area contributed by atoms with E-state index < -0.39 is 30.6 Å². The van der Waals surface area contributed by atoms with Crippen LogP contribution in [0.4, 0.5) is 26.2 Å². The lowest BCUT2D eigenvalue weighted by atomic mass is 10.0. The number of likely N-dealkylation sites (tertiary alicyclic amines) is 1. The molecule has 0 saturated carbocycles. The average Bonchev–Trinajstić information content (AvgIpc) is 3.05. The molecule has 3 aliphatic rings. The molecule has 0 bridgehead atoms. The highest BCUT2D eigenvalue weighted by molar-refractivity contribution is 5.80. The molecular weight excluding hydrogens is 626 g/mol. The molecule has 1 unspecified atom stereocenters. The Bertz CT molecular complexity index is 1690. The smallest absolute Gasteiger partial charge is 0.331 e. The molecule has 3 fully saturated rings. The normalized spacial score (nSPS) is 20.4. The van der Waals surface area contributed by atoms with Gasteiger partial charge in [-0.25, -0.2) is 9.97 Å². The number of alkyl halides is 2. The second-order valence-electron chi connectivity index (χ2n) is 12.2. The first kappa shape index (κ1) is 33.3. The molecule has 0 aliphatic carbocycles. The van der Waals surface area contributed by atoms with Crippen LogP contribution in [0, 0.1) is 18.3 Å². The molecule has 1 aromatic carbocycles. The van der Waals surface area contributed by atoms with Gasteiger partial charge in [-0.1, -0.05) is 0 Å². The van der Waals surface area contributed by atoms with Gasteiger partial charge < -0.3 is 29.5 Å². The number of rotatable bonds is 9. The van der Waals surface area contributed by atoms with E-state index in [0.717, 1.165) is 57.6 Å². The third kappa shape index (κ3) is 6.96. The summed E-state index contributed by atoms with van der Waals surface area (Å²) in [5.41, 5.74) is 2.98. The number of hydrogen-bond donors (Lipinski definition) is 2. The number of aromatic nitrogens is 3. The zero-order valence-electron chi connectivity index (χ0n) is 27.0. The Morgan fingerprint density at radius 1 is 1.17 bits per heavy atom. The highest BCUT2D eigenvalue weighted by Crippen LogP contribution is 2.36. The number of amides is 1. The molecule has 1 amide bonds. The molecular formula is C33H38F2N8O5. The van der Waals surface area contributed by atoms with E-state index in [4.69, 9.17) is 14.2 Å². The number of aliphatic hydroxyl groups is 1. The zero-order chi connectivity index (χ0) is 34.0. The van der Waals surface area contributed by atoms with Gasteiger partial charge in [0.25, 0.3) is 5.91 Å². The molecule has 13 nitrogen and oxygen atoms in total. The van der Waals surface area contributed by atoms with Crippen LogP contribution in [-0.4, -0.2) is 113 Å². The van der Waals surface area contributed by atoms with E-state index in [0.29, 0.717) is 33.9 Å². The fourth-order valence-corrected chi connectivity index (χ4v) is 6.13. The van der Waals surface area contributed by atoms with Gasteiger partial charge >= 0.3 is 6.05 Å². The number of piperazine rings is 1. The summed E-state index contributed by atoms with van der Waals surface area (Å²) in [6.07, 6.45) is -1.45. The van der Waals surface area contributed by atoms with Crippen molar-refractivity contribution in [3.63, 3.8) is 0 Å². The maximum atomic E-state index is 14.7. The fourth-order valence-electron chi connectivity index (χ4n) is 6.13. The number of carbonyl (C=O) groups excluding carboxylic acids is 1. The lowest BCUT2D eigenvalue weighted by Crippen LogP contribution is -2.56. The van der Waals surface area contributed by atoms with Crippen LogP contribution >= 0.6 is 0 Å². The Morgan fingerprint density at radius 3 is 2.58 bits per heavy atom. The molecule has 48 heavy (non-hydrogen) atoms. The number of nitrogens with zero attached hydrogens (tertiary/aromatic N) is 7. The van der Waals surface area contributed by atoms with Crippen LogP contribution in [0.2, 0.25) is 0 Å². The molecule has 3 aromatic rings. The minimum atomic E-state index is -3.49. The second kappa shape index (κ2) is 13.8. The molecule has 3 aliphatic heterocycles. The van der Waals surface area contributed by atoms with Crippen LogP contribution in [0.3, 0.4) is 0 Å². The number of aliphatic hydroxyl groups excluding tert-OH is 1. The van der Waals surface area contributed by atoms with Gasteiger partial charge in [-0.2, -0.15) is 19.0 Å². The summed E-state index contributed by atoms with van der Waals surface area (Å²) in [4.78, 5) is 30.9. The van der Waals surface area contributed by atoms with Crippen LogP contribution in [0.25, 0.3) is 11.3 Å². The van der Waals surface area contributed by atoms with Gasteiger partial charge in [0, 0.05) is 50.9 Å². The van der Waals surface area contributed by atoms with Crippen molar-refractivity contribution in [2.75, 3.05) is 63.3 Å². The number of halogens is 2. The number of methoxy groups -OCH3 is 1. The molecule has 0 radical (unpaired) electrons. The minimum Gasteiger partial charge on any atom is -0.489 e. The molecule has 2 aromatic heterocycles. The second-order valence-corrected chi connectivity index (χ2v) is 12.2. The summed E-state index contributed by atoms with van der Waals surface area (Å²) in [7, 11) is 1.59. The molecule has 15 heteroatoms. The van der Waals surface area contributed by atoms with Crippen LogP contribution in [-0.2, 0) is 9.53 Å². The minimum absolute atomic E-state index is 0.118. The van der Waals surface area contributed by atoms with Crippen molar-refractivity contribution in [3.8, 4) is 29.0 Å². The van der Waals surface area contributed by atoms with Crippen LogP contribution in [0.15, 0.2) is 36.5 Å². The van der Waals surface area contributed by atoms with E-state index in [1.807, 2.05) is 19.1 Å². The number of pyridine rings is 1. The first-order chi connectivity index (χ1) is 23.1. The van der Waals surface area contributed by atoms with Gasteiger partial charge in [-0.3, -0.25) is 14.6 Å². The number of carbonyl (C=O) groups is 1. The highest BCUT2D eigenvalue weighted by Gasteiger charge is 2.47. The van der Waals surface area contributed by atoms with Crippen LogP contribution < -0.4 is 19.7 Å². The monoisotopic (exact) mass is 664 g/mol. The summed E-state index contributed by atoms with van der Waals surface area (Å²) >= 11 is 0. The quantitative estimate of drug-likeness (QED) is 0.323. The van der Waals surface area contributed by atoms with Crippen molar-refractivity contribution >= 4 is 23.4 Å². The van der Waals surface area contributed by atoms with E-state index in [1.54, 1.807) is 31.5 Å². The van der Waals surface area contributed by atoms with E-state index in [1.165, 1.54) is 0 Å². The fraction of sp³-hybridized carbons (Fsp3) is 0.485. The van der Waals surface area contributed by atoms with Crippen molar-refractivity contribution < 1.29 is 32.9 Å². The lowest BCUT2D eigenvalue weighted by molar-refractivity contribution is -0.202. The van der Waals surface area contributed by atoms with E-state index in [9.17, 15) is 23.9 Å². The number of nitrogens with one attached hydrogen (secondary N) is 1. The Hall–Kier alpha value is -4.65. The highest BCUT2D eigenvalue weighted by atomic mass is 19.3. The van der Waals surface area contributed by atoms with Gasteiger partial charge in [-0.15, -0.1) is 0 Å².